The minimum atomic E-state index is -1.03. The molecule has 3 amide bonds. The van der Waals surface area contributed by atoms with E-state index in [4.69, 9.17) is 0 Å². The first-order chi connectivity index (χ1) is 13.4. The number of hydrogen-bond acceptors (Lipinski definition) is 5. The number of carbonyl (C=O) groups excluding carboxylic acids is 3. The van der Waals surface area contributed by atoms with Gasteiger partial charge in [0.15, 0.2) is 0 Å². The number of nitrogens with zero attached hydrogens (tertiary/aromatic N) is 2. The summed E-state index contributed by atoms with van der Waals surface area (Å²) in [5.74, 6) is -0.140. The summed E-state index contributed by atoms with van der Waals surface area (Å²) in [4.78, 5) is 40.5. The molecule has 29 heavy (non-hydrogen) atoms. The molecule has 0 saturated heterocycles. The van der Waals surface area contributed by atoms with Crippen LogP contribution in [0.1, 0.15) is 60.8 Å². The highest BCUT2D eigenvalue weighted by Gasteiger charge is 2.36. The highest BCUT2D eigenvalue weighted by molar-refractivity contribution is 5.89. The van der Waals surface area contributed by atoms with Gasteiger partial charge >= 0.3 is 0 Å². The number of likely N-dealkylation sites (N-methyl/N-ethyl adjacent to an activating group) is 3. The van der Waals surface area contributed by atoms with Gasteiger partial charge in [-0.15, -0.1) is 0 Å². The lowest BCUT2D eigenvalue weighted by Gasteiger charge is -2.38. The Labute approximate surface area is 176 Å². The molecule has 0 heterocycles. The molecule has 0 aliphatic carbocycles. The van der Waals surface area contributed by atoms with Gasteiger partial charge in [0.2, 0.25) is 17.7 Å². The van der Waals surface area contributed by atoms with Crippen molar-refractivity contribution in [2.45, 2.75) is 85.2 Å². The quantitative estimate of drug-likeness (QED) is 0.416. The second kappa shape index (κ2) is 12.8. The largest absolute Gasteiger partial charge is 0.376 e. The minimum Gasteiger partial charge on any atom is -0.376 e. The summed E-state index contributed by atoms with van der Waals surface area (Å²) in [7, 11) is 4.88. The number of rotatable bonds is 12. The lowest BCUT2D eigenvalue weighted by molar-refractivity contribution is -0.148. The molecule has 0 aromatic heterocycles. The van der Waals surface area contributed by atoms with Gasteiger partial charge in [0.25, 0.3) is 0 Å². The fourth-order valence-electron chi connectivity index (χ4n) is 3.30. The molecule has 4 atom stereocenters. The highest BCUT2D eigenvalue weighted by atomic mass is 16.3. The van der Waals surface area contributed by atoms with Crippen molar-refractivity contribution in [2.24, 2.45) is 11.8 Å². The predicted molar refractivity (Wildman–Crippen MR) is 115 cm³/mol. The van der Waals surface area contributed by atoms with Crippen molar-refractivity contribution in [3.63, 3.8) is 0 Å². The van der Waals surface area contributed by atoms with Crippen LogP contribution in [-0.4, -0.2) is 78.1 Å². The predicted octanol–water partition coefficient (Wildman–Crippen LogP) is 1.19. The van der Waals surface area contributed by atoms with Crippen LogP contribution in [0.4, 0.5) is 0 Å². The first-order valence-electron chi connectivity index (χ1n) is 10.5. The van der Waals surface area contributed by atoms with Crippen LogP contribution in [0.15, 0.2) is 0 Å². The van der Waals surface area contributed by atoms with E-state index in [1.807, 2.05) is 27.7 Å². The molecule has 0 aromatic carbocycles. The summed E-state index contributed by atoms with van der Waals surface area (Å²) in [6.45, 7) is 11.5. The Hall–Kier alpha value is -1.67. The Morgan fingerprint density at radius 3 is 1.83 bits per heavy atom. The van der Waals surface area contributed by atoms with Crippen LogP contribution in [0.3, 0.4) is 0 Å². The van der Waals surface area contributed by atoms with Crippen LogP contribution < -0.4 is 10.6 Å². The second-order valence-corrected chi connectivity index (χ2v) is 8.64. The maximum absolute atomic E-state index is 13.4. The molecule has 0 spiro atoms. The van der Waals surface area contributed by atoms with Gasteiger partial charge < -0.3 is 20.6 Å². The lowest BCUT2D eigenvalue weighted by atomic mass is 9.97. The van der Waals surface area contributed by atoms with Crippen LogP contribution in [0.25, 0.3) is 0 Å². The van der Waals surface area contributed by atoms with Gasteiger partial charge in [-0.05, 0) is 38.6 Å². The SMILES string of the molecule is CCC(=O)N[C@H](C)[C@H](O)N(C)[C@@H](CC(C)C)C(=O)N(C)[C@@H](CC(C)C)C(=O)NC. The third kappa shape index (κ3) is 8.70. The monoisotopic (exact) mass is 414 g/mol. The van der Waals surface area contributed by atoms with Crippen LogP contribution in [0.2, 0.25) is 0 Å². The fraction of sp³-hybridized carbons (Fsp3) is 0.857. The summed E-state index contributed by atoms with van der Waals surface area (Å²) in [5, 5.41) is 16.1. The van der Waals surface area contributed by atoms with E-state index >= 15 is 0 Å². The van der Waals surface area contributed by atoms with E-state index < -0.39 is 24.4 Å². The Kier molecular flexibility index (Phi) is 12.1. The summed E-state index contributed by atoms with van der Waals surface area (Å²) in [6.07, 6.45) is 0.356. The van der Waals surface area contributed by atoms with Gasteiger partial charge in [0.05, 0.1) is 12.1 Å². The third-order valence-corrected chi connectivity index (χ3v) is 5.10. The molecular weight excluding hydrogens is 372 g/mol. The highest BCUT2D eigenvalue weighted by Crippen LogP contribution is 2.19. The number of hydrogen-bond donors (Lipinski definition) is 3. The van der Waals surface area contributed by atoms with Crippen molar-refractivity contribution < 1.29 is 19.5 Å². The van der Waals surface area contributed by atoms with E-state index in [-0.39, 0.29) is 29.6 Å². The van der Waals surface area contributed by atoms with Gasteiger partial charge in [-0.25, -0.2) is 0 Å². The van der Waals surface area contributed by atoms with E-state index in [2.05, 4.69) is 10.6 Å². The Morgan fingerprint density at radius 1 is 0.931 bits per heavy atom. The zero-order valence-electron chi connectivity index (χ0n) is 19.7. The Morgan fingerprint density at radius 2 is 1.41 bits per heavy atom. The van der Waals surface area contributed by atoms with Gasteiger partial charge in [-0.1, -0.05) is 34.6 Å². The van der Waals surface area contributed by atoms with Crippen molar-refractivity contribution in [1.82, 2.24) is 20.4 Å². The zero-order chi connectivity index (χ0) is 22.9. The van der Waals surface area contributed by atoms with Crippen molar-refractivity contribution in [1.29, 1.82) is 0 Å². The van der Waals surface area contributed by atoms with Crippen molar-refractivity contribution in [2.75, 3.05) is 21.1 Å². The molecule has 0 fully saturated rings. The van der Waals surface area contributed by atoms with Crippen molar-refractivity contribution in [3.05, 3.63) is 0 Å². The van der Waals surface area contributed by atoms with Crippen molar-refractivity contribution >= 4 is 17.7 Å². The molecular formula is C21H42N4O4. The maximum Gasteiger partial charge on any atom is 0.242 e. The average molecular weight is 415 g/mol. The number of amides is 3. The first kappa shape index (κ1) is 27.3. The molecule has 0 radical (unpaired) electrons. The van der Waals surface area contributed by atoms with E-state index in [0.29, 0.717) is 19.3 Å². The van der Waals surface area contributed by atoms with Crippen molar-refractivity contribution in [3.8, 4) is 0 Å². The molecule has 8 nitrogen and oxygen atoms in total. The molecule has 3 N–H and O–H groups in total. The first-order valence-corrected chi connectivity index (χ1v) is 10.5. The standard InChI is InChI=1S/C21H42N4O4/c1-10-18(26)23-15(6)20(28)25(9)17(12-14(4)5)21(29)24(8)16(11-13(2)3)19(27)22-7/h13-17,20,28H,10-12H2,1-9H3,(H,22,27)(H,23,26)/t15-,16+,17+,20+/m1/s1. The van der Waals surface area contributed by atoms with Gasteiger partial charge in [-0.2, -0.15) is 0 Å². The maximum atomic E-state index is 13.4. The Bertz CT molecular complexity index is 539. The molecule has 8 heteroatoms. The number of carbonyl (C=O) groups is 3. The molecule has 0 aromatic rings. The molecule has 0 unspecified atom stereocenters. The second-order valence-electron chi connectivity index (χ2n) is 8.64. The number of aliphatic hydroxyl groups excluding tert-OH is 1. The lowest BCUT2D eigenvalue weighted by Crippen LogP contribution is -2.58. The molecule has 0 aliphatic heterocycles. The number of aliphatic hydroxyl groups is 1. The van der Waals surface area contributed by atoms with Crippen LogP contribution in [0, 0.1) is 11.8 Å². The zero-order valence-corrected chi connectivity index (χ0v) is 19.7. The molecule has 0 aliphatic rings. The summed E-state index contributed by atoms with van der Waals surface area (Å²) >= 11 is 0. The van der Waals surface area contributed by atoms with Crippen LogP contribution in [-0.2, 0) is 14.4 Å². The fourth-order valence-corrected chi connectivity index (χ4v) is 3.30. The number of nitrogens with one attached hydrogen (secondary N) is 2. The average Bonchev–Trinajstić information content (AvgIpc) is 2.66. The molecule has 0 saturated carbocycles. The van der Waals surface area contributed by atoms with E-state index in [1.54, 1.807) is 39.9 Å². The minimum absolute atomic E-state index is 0.162. The van der Waals surface area contributed by atoms with Crippen LogP contribution in [0.5, 0.6) is 0 Å². The Balaban J connectivity index is 5.63. The van der Waals surface area contributed by atoms with Crippen LogP contribution >= 0.6 is 0 Å². The molecule has 0 rings (SSSR count). The summed E-state index contributed by atoms with van der Waals surface area (Å²) in [6, 6.07) is -1.73. The normalized spacial score (nSPS) is 15.8. The molecule has 170 valence electrons. The van der Waals surface area contributed by atoms with Gasteiger partial charge in [0.1, 0.15) is 12.3 Å². The van der Waals surface area contributed by atoms with Gasteiger partial charge in [-0.3, -0.25) is 19.3 Å². The van der Waals surface area contributed by atoms with Gasteiger partial charge in [0, 0.05) is 20.5 Å². The van der Waals surface area contributed by atoms with E-state index in [0.717, 1.165) is 0 Å². The summed E-state index contributed by atoms with van der Waals surface area (Å²) in [5.41, 5.74) is 0. The topological polar surface area (TPSA) is 102 Å². The molecule has 0 bridgehead atoms. The smallest absolute Gasteiger partial charge is 0.242 e. The van der Waals surface area contributed by atoms with E-state index in [9.17, 15) is 19.5 Å². The van der Waals surface area contributed by atoms with E-state index in [1.165, 1.54) is 4.90 Å². The third-order valence-electron chi connectivity index (χ3n) is 5.10. The summed E-state index contributed by atoms with van der Waals surface area (Å²) < 4.78 is 0.